The topological polar surface area (TPSA) is 50.8 Å². The van der Waals surface area contributed by atoms with Gasteiger partial charge in [0.15, 0.2) is 5.01 Å². The lowest BCUT2D eigenvalue weighted by Crippen LogP contribution is -2.02. The number of H-pyrrole nitrogens is 1. The first-order valence-corrected chi connectivity index (χ1v) is 6.84. The number of ether oxygens (including phenoxy) is 1. The highest BCUT2D eigenvalue weighted by Crippen LogP contribution is 2.35. The molecule has 0 saturated heterocycles. The number of hydrogen-bond acceptors (Lipinski definition) is 5. The van der Waals surface area contributed by atoms with Gasteiger partial charge < -0.3 is 9.72 Å². The molecule has 0 saturated carbocycles. The molecule has 9 heteroatoms. The van der Waals surface area contributed by atoms with Crippen LogP contribution in [0.3, 0.4) is 0 Å². The third-order valence-corrected chi connectivity index (χ3v) is 3.53. The van der Waals surface area contributed by atoms with Crippen LogP contribution in [0.25, 0.3) is 10.6 Å². The highest BCUT2D eigenvalue weighted by molar-refractivity contribution is 7.71. The number of thiazole rings is 1. The van der Waals surface area contributed by atoms with E-state index in [1.54, 1.807) is 0 Å². The van der Waals surface area contributed by atoms with Crippen molar-refractivity contribution in [2.45, 2.75) is 19.7 Å². The van der Waals surface area contributed by atoms with Gasteiger partial charge in [-0.2, -0.15) is 13.2 Å². The minimum absolute atomic E-state index is 0.221. The van der Waals surface area contributed by atoms with E-state index in [1.165, 1.54) is 12.3 Å². The third kappa shape index (κ3) is 3.62. The van der Waals surface area contributed by atoms with Gasteiger partial charge in [0.25, 0.3) is 0 Å². The monoisotopic (exact) mass is 321 g/mol. The molecule has 0 bridgehead atoms. The summed E-state index contributed by atoms with van der Waals surface area (Å²) in [5, 5.41) is -0.894. The summed E-state index contributed by atoms with van der Waals surface area (Å²) in [7, 11) is 0. The highest BCUT2D eigenvalue weighted by Gasteiger charge is 2.34. The molecule has 2 aromatic heterocycles. The van der Waals surface area contributed by atoms with E-state index in [4.69, 9.17) is 17.0 Å². The van der Waals surface area contributed by atoms with Crippen molar-refractivity contribution in [3.8, 4) is 10.6 Å². The van der Waals surface area contributed by atoms with Gasteiger partial charge in [-0.1, -0.05) is 12.2 Å². The van der Waals surface area contributed by atoms with Crippen molar-refractivity contribution in [3.63, 3.8) is 0 Å². The molecule has 108 valence electrons. The van der Waals surface area contributed by atoms with Crippen molar-refractivity contribution in [1.29, 1.82) is 0 Å². The van der Waals surface area contributed by atoms with Crippen LogP contribution < -0.4 is 0 Å². The molecular weight excluding hydrogens is 311 g/mol. The second-order valence-electron chi connectivity index (χ2n) is 3.74. The number of halogens is 3. The summed E-state index contributed by atoms with van der Waals surface area (Å²) >= 11 is 5.54. The van der Waals surface area contributed by atoms with E-state index in [0.29, 0.717) is 34.3 Å². The number of rotatable bonds is 4. The molecule has 20 heavy (non-hydrogen) atoms. The maximum absolute atomic E-state index is 12.5. The molecular formula is C11H10F3N3OS2. The number of nitrogens with zero attached hydrogens (tertiary/aromatic N) is 2. The Hall–Kier alpha value is -1.32. The Morgan fingerprint density at radius 2 is 2.20 bits per heavy atom. The molecule has 0 spiro atoms. The van der Waals surface area contributed by atoms with Crippen molar-refractivity contribution in [1.82, 2.24) is 15.0 Å². The van der Waals surface area contributed by atoms with Crippen molar-refractivity contribution >= 4 is 23.6 Å². The smallest absolute Gasteiger partial charge is 0.374 e. The summed E-state index contributed by atoms with van der Waals surface area (Å²) < 4.78 is 43.1. The standard InChI is InChI=1S/C11H10F3N3OS2/c1-2-18-5-8-16-6(3-9(19)17-8)7-4-15-10(20-7)11(12,13)14/h3-4H,2,5H2,1H3,(H,16,17,19). The first-order chi connectivity index (χ1) is 9.40. The molecule has 0 unspecified atom stereocenters. The van der Waals surface area contributed by atoms with Crippen molar-refractivity contribution in [3.05, 3.63) is 27.7 Å². The molecule has 0 atom stereocenters. The Balaban J connectivity index is 2.35. The molecule has 0 aliphatic carbocycles. The van der Waals surface area contributed by atoms with E-state index in [9.17, 15) is 13.2 Å². The minimum Gasteiger partial charge on any atom is -0.374 e. The molecule has 1 N–H and O–H groups in total. The molecule has 0 aliphatic heterocycles. The third-order valence-electron chi connectivity index (χ3n) is 2.25. The first-order valence-electron chi connectivity index (χ1n) is 5.61. The highest BCUT2D eigenvalue weighted by atomic mass is 32.1. The second-order valence-corrected chi connectivity index (χ2v) is 5.19. The summed E-state index contributed by atoms with van der Waals surface area (Å²) in [6, 6.07) is 1.50. The largest absolute Gasteiger partial charge is 0.443 e. The zero-order chi connectivity index (χ0) is 14.8. The second kappa shape index (κ2) is 5.98. The van der Waals surface area contributed by atoms with Gasteiger partial charge in [0.05, 0.1) is 10.6 Å². The summed E-state index contributed by atoms with van der Waals surface area (Å²) in [5.74, 6) is 0.469. The Morgan fingerprint density at radius 3 is 2.80 bits per heavy atom. The predicted octanol–water partition coefficient (Wildman–Crippen LogP) is 3.82. The van der Waals surface area contributed by atoms with E-state index < -0.39 is 11.2 Å². The van der Waals surface area contributed by atoms with Gasteiger partial charge in [-0.3, -0.25) is 0 Å². The van der Waals surface area contributed by atoms with Crippen LogP contribution in [-0.4, -0.2) is 21.6 Å². The lowest BCUT2D eigenvalue weighted by Gasteiger charge is -2.04. The normalized spacial score (nSPS) is 11.8. The number of nitrogens with one attached hydrogen (secondary N) is 1. The van der Waals surface area contributed by atoms with Crippen LogP contribution >= 0.6 is 23.6 Å². The van der Waals surface area contributed by atoms with Crippen LogP contribution in [0.2, 0.25) is 0 Å². The van der Waals surface area contributed by atoms with Crippen molar-refractivity contribution < 1.29 is 17.9 Å². The van der Waals surface area contributed by atoms with Gasteiger partial charge in [0.2, 0.25) is 0 Å². The van der Waals surface area contributed by atoms with Crippen molar-refractivity contribution in [2.75, 3.05) is 6.61 Å². The molecule has 0 aromatic carbocycles. The first kappa shape index (κ1) is 15.1. The Kier molecular flexibility index (Phi) is 4.51. The van der Waals surface area contributed by atoms with E-state index >= 15 is 0 Å². The van der Waals surface area contributed by atoms with E-state index in [-0.39, 0.29) is 11.2 Å². The minimum atomic E-state index is -4.44. The summed E-state index contributed by atoms with van der Waals surface area (Å²) in [4.78, 5) is 10.7. The van der Waals surface area contributed by atoms with Crippen LogP contribution in [0, 0.1) is 4.64 Å². The maximum Gasteiger partial charge on any atom is 0.443 e. The lowest BCUT2D eigenvalue weighted by atomic mass is 10.3. The van der Waals surface area contributed by atoms with Gasteiger partial charge in [-0.05, 0) is 13.0 Å². The van der Waals surface area contributed by atoms with Crippen LogP contribution in [-0.2, 0) is 17.5 Å². The average molecular weight is 321 g/mol. The van der Waals surface area contributed by atoms with Crippen LogP contribution in [0.5, 0.6) is 0 Å². The van der Waals surface area contributed by atoms with Gasteiger partial charge in [0, 0.05) is 12.8 Å². The zero-order valence-electron chi connectivity index (χ0n) is 10.3. The Labute approximate surface area is 121 Å². The lowest BCUT2D eigenvalue weighted by molar-refractivity contribution is -0.137. The van der Waals surface area contributed by atoms with E-state index in [1.807, 2.05) is 6.92 Å². The fourth-order valence-corrected chi connectivity index (χ4v) is 2.42. The van der Waals surface area contributed by atoms with Gasteiger partial charge >= 0.3 is 6.18 Å². The molecule has 2 aromatic rings. The molecule has 0 radical (unpaired) electrons. The average Bonchev–Trinajstić information content (AvgIpc) is 2.85. The van der Waals surface area contributed by atoms with Crippen LogP contribution in [0.1, 0.15) is 17.8 Å². The fourth-order valence-electron chi connectivity index (χ4n) is 1.44. The number of hydrogen-bond donors (Lipinski definition) is 1. The quantitative estimate of drug-likeness (QED) is 0.870. The summed E-state index contributed by atoms with van der Waals surface area (Å²) in [6.07, 6.45) is -3.28. The number of alkyl halides is 3. The Morgan fingerprint density at radius 1 is 1.45 bits per heavy atom. The number of aromatic amines is 1. The van der Waals surface area contributed by atoms with Crippen LogP contribution in [0.4, 0.5) is 13.2 Å². The molecule has 2 rings (SSSR count). The van der Waals surface area contributed by atoms with Gasteiger partial charge in [-0.15, -0.1) is 11.3 Å². The van der Waals surface area contributed by atoms with Crippen molar-refractivity contribution in [2.24, 2.45) is 0 Å². The molecule has 4 nitrogen and oxygen atoms in total. The Bertz CT molecular complexity index is 651. The maximum atomic E-state index is 12.5. The molecule has 0 fully saturated rings. The number of aromatic nitrogens is 3. The summed E-state index contributed by atoms with van der Waals surface area (Å²) in [5.41, 5.74) is 0.452. The van der Waals surface area contributed by atoms with Gasteiger partial charge in [0.1, 0.15) is 17.1 Å². The SMILES string of the molecule is CCOCc1nc(=S)cc(-c2cnc(C(F)(F)F)s2)[nH]1. The predicted molar refractivity (Wildman–Crippen MR) is 70.9 cm³/mol. The van der Waals surface area contributed by atoms with Gasteiger partial charge in [-0.25, -0.2) is 9.97 Å². The van der Waals surface area contributed by atoms with Crippen LogP contribution in [0.15, 0.2) is 12.3 Å². The summed E-state index contributed by atoms with van der Waals surface area (Å²) in [6.45, 7) is 2.56. The van der Waals surface area contributed by atoms with E-state index in [2.05, 4.69) is 15.0 Å². The molecule has 2 heterocycles. The molecule has 0 amide bonds. The fraction of sp³-hybridized carbons (Fsp3) is 0.364. The molecule has 0 aliphatic rings. The van der Waals surface area contributed by atoms with E-state index in [0.717, 1.165) is 0 Å². The zero-order valence-corrected chi connectivity index (χ0v) is 12.0.